The van der Waals surface area contributed by atoms with Crippen molar-refractivity contribution >= 4 is 41.3 Å². The molecular weight excluding hydrogens is 451 g/mol. The Morgan fingerprint density at radius 3 is 3.00 bits per heavy atom. The minimum Gasteiger partial charge on any atom is -0.382 e. The number of nitrogens with zero attached hydrogens (tertiary/aromatic N) is 3. The van der Waals surface area contributed by atoms with Gasteiger partial charge in [0, 0.05) is 57.2 Å². The molecule has 144 valence electrons. The third kappa shape index (κ3) is 8.19. The summed E-state index contributed by atoms with van der Waals surface area (Å²) >= 11 is 1.75. The first-order valence-corrected chi connectivity index (χ1v) is 9.54. The molecule has 1 unspecified atom stereocenters. The van der Waals surface area contributed by atoms with E-state index >= 15 is 0 Å². The van der Waals surface area contributed by atoms with E-state index in [1.165, 1.54) is 5.01 Å². The summed E-state index contributed by atoms with van der Waals surface area (Å²) in [4.78, 5) is 11.3. The lowest BCUT2D eigenvalue weighted by Gasteiger charge is -2.21. The maximum absolute atomic E-state index is 5.65. The first-order chi connectivity index (χ1) is 11.7. The van der Waals surface area contributed by atoms with Gasteiger partial charge in [-0.25, -0.2) is 4.98 Å². The van der Waals surface area contributed by atoms with Gasteiger partial charge in [0.05, 0.1) is 24.8 Å². The van der Waals surface area contributed by atoms with Gasteiger partial charge in [0.25, 0.3) is 0 Å². The van der Waals surface area contributed by atoms with Crippen molar-refractivity contribution in [2.75, 3.05) is 53.6 Å². The van der Waals surface area contributed by atoms with Gasteiger partial charge in [-0.15, -0.1) is 35.3 Å². The quantitative estimate of drug-likeness (QED) is 0.254. The Hall–Kier alpha value is -0.450. The summed E-state index contributed by atoms with van der Waals surface area (Å²) in [7, 11) is 3.56. The second-order valence-corrected chi connectivity index (χ2v) is 7.07. The highest BCUT2D eigenvalue weighted by Gasteiger charge is 2.24. The zero-order chi connectivity index (χ0) is 17.2. The third-order valence-electron chi connectivity index (χ3n) is 4.10. The molecule has 8 heteroatoms. The number of nitrogens with one attached hydrogen (secondary N) is 1. The van der Waals surface area contributed by atoms with Crippen LogP contribution in [0.5, 0.6) is 0 Å². The van der Waals surface area contributed by atoms with E-state index in [1.54, 1.807) is 18.4 Å². The van der Waals surface area contributed by atoms with Crippen LogP contribution in [0.2, 0.25) is 0 Å². The van der Waals surface area contributed by atoms with Crippen LogP contribution in [0.1, 0.15) is 23.5 Å². The fourth-order valence-electron chi connectivity index (χ4n) is 2.84. The molecule has 0 aromatic carbocycles. The molecule has 1 N–H and O–H groups in total. The average Bonchev–Trinajstić information content (AvgIpc) is 3.21. The third-order valence-corrected chi connectivity index (χ3v) is 5.13. The Morgan fingerprint density at radius 1 is 1.48 bits per heavy atom. The second-order valence-electron chi connectivity index (χ2n) is 6.13. The number of thiazole rings is 1. The van der Waals surface area contributed by atoms with Crippen LogP contribution in [0.25, 0.3) is 0 Å². The Bertz CT molecular complexity index is 513. The van der Waals surface area contributed by atoms with Crippen molar-refractivity contribution in [2.45, 2.75) is 26.2 Å². The molecule has 0 aliphatic carbocycles. The number of guanidine groups is 1. The van der Waals surface area contributed by atoms with Crippen molar-refractivity contribution in [3.63, 3.8) is 0 Å². The number of aliphatic imine (C=N–C) groups is 1. The van der Waals surface area contributed by atoms with Gasteiger partial charge in [-0.3, -0.25) is 4.99 Å². The van der Waals surface area contributed by atoms with E-state index in [9.17, 15) is 0 Å². The molecule has 2 rings (SSSR count). The smallest absolute Gasteiger partial charge is 0.193 e. The monoisotopic (exact) mass is 482 g/mol. The highest BCUT2D eigenvalue weighted by molar-refractivity contribution is 14.0. The average molecular weight is 482 g/mol. The van der Waals surface area contributed by atoms with Crippen molar-refractivity contribution in [3.8, 4) is 0 Å². The van der Waals surface area contributed by atoms with Gasteiger partial charge in [-0.05, 0) is 19.8 Å². The number of aromatic nitrogens is 1. The first kappa shape index (κ1) is 22.6. The molecule has 1 aromatic heterocycles. The van der Waals surface area contributed by atoms with Gasteiger partial charge in [-0.2, -0.15) is 0 Å². The fourth-order valence-corrected chi connectivity index (χ4v) is 3.66. The van der Waals surface area contributed by atoms with E-state index in [2.05, 4.69) is 25.6 Å². The Balaban J connectivity index is 0.00000312. The number of rotatable bonds is 9. The molecule has 1 fully saturated rings. The number of aryl methyl sites for hydroxylation is 2. The van der Waals surface area contributed by atoms with E-state index in [4.69, 9.17) is 9.47 Å². The van der Waals surface area contributed by atoms with E-state index in [-0.39, 0.29) is 24.0 Å². The largest absolute Gasteiger partial charge is 0.382 e. The number of likely N-dealkylation sites (tertiary alicyclic amines) is 1. The molecule has 25 heavy (non-hydrogen) atoms. The zero-order valence-electron chi connectivity index (χ0n) is 15.5. The maximum Gasteiger partial charge on any atom is 0.193 e. The second kappa shape index (κ2) is 12.8. The lowest BCUT2D eigenvalue weighted by Crippen LogP contribution is -2.40. The summed E-state index contributed by atoms with van der Waals surface area (Å²) in [6.45, 7) is 7.18. The van der Waals surface area contributed by atoms with Crippen LogP contribution >= 0.6 is 35.3 Å². The van der Waals surface area contributed by atoms with Crippen LogP contribution in [0, 0.1) is 12.8 Å². The SMILES string of the molecule is CN=C(NCCCc1nc(C)cs1)N1CCC(COCCOC)C1.I. The van der Waals surface area contributed by atoms with Gasteiger partial charge in [0.2, 0.25) is 0 Å². The number of hydrogen-bond acceptors (Lipinski definition) is 5. The summed E-state index contributed by atoms with van der Waals surface area (Å²) < 4.78 is 10.7. The molecule has 0 spiro atoms. The van der Waals surface area contributed by atoms with E-state index in [0.717, 1.165) is 57.2 Å². The highest BCUT2D eigenvalue weighted by Crippen LogP contribution is 2.16. The normalized spacial score (nSPS) is 17.6. The van der Waals surface area contributed by atoms with Gasteiger partial charge in [-0.1, -0.05) is 0 Å². The van der Waals surface area contributed by atoms with Crippen molar-refractivity contribution in [1.82, 2.24) is 15.2 Å². The molecule has 0 bridgehead atoms. The standard InChI is InChI=1S/C17H30N4O2S.HI/c1-14-13-24-16(20-14)5-4-7-19-17(18-2)21-8-6-15(11-21)12-23-10-9-22-3;/h13,15H,4-12H2,1-3H3,(H,18,19);1H. The van der Waals surface area contributed by atoms with Gasteiger partial charge < -0.3 is 19.7 Å². The van der Waals surface area contributed by atoms with Crippen LogP contribution in [0.15, 0.2) is 10.4 Å². The molecule has 1 aliphatic heterocycles. The summed E-state index contributed by atoms with van der Waals surface area (Å²) in [6.07, 6.45) is 3.26. The van der Waals surface area contributed by atoms with Crippen molar-refractivity contribution < 1.29 is 9.47 Å². The number of ether oxygens (including phenoxy) is 2. The molecule has 1 atom stereocenters. The molecule has 0 amide bonds. The predicted octanol–water partition coefficient (Wildman–Crippen LogP) is 2.56. The van der Waals surface area contributed by atoms with Gasteiger partial charge in [0.1, 0.15) is 0 Å². The Kier molecular flexibility index (Phi) is 11.6. The van der Waals surface area contributed by atoms with E-state index in [0.29, 0.717) is 19.1 Å². The lowest BCUT2D eigenvalue weighted by atomic mass is 10.1. The highest BCUT2D eigenvalue weighted by atomic mass is 127. The van der Waals surface area contributed by atoms with Crippen LogP contribution in [0.4, 0.5) is 0 Å². The Morgan fingerprint density at radius 2 is 2.32 bits per heavy atom. The first-order valence-electron chi connectivity index (χ1n) is 8.66. The molecule has 1 saturated heterocycles. The number of methoxy groups -OCH3 is 1. The lowest BCUT2D eigenvalue weighted by molar-refractivity contribution is 0.0536. The molecule has 6 nitrogen and oxygen atoms in total. The molecular formula is C17H31IN4O2S. The van der Waals surface area contributed by atoms with E-state index < -0.39 is 0 Å². The van der Waals surface area contributed by atoms with Crippen molar-refractivity contribution in [3.05, 3.63) is 16.1 Å². The number of halogens is 1. The van der Waals surface area contributed by atoms with Gasteiger partial charge in [0.15, 0.2) is 5.96 Å². The Labute approximate surface area is 172 Å². The summed E-state index contributed by atoms with van der Waals surface area (Å²) in [5.74, 6) is 1.59. The van der Waals surface area contributed by atoms with Crippen molar-refractivity contribution in [1.29, 1.82) is 0 Å². The molecule has 0 saturated carbocycles. The minimum atomic E-state index is 0. The maximum atomic E-state index is 5.65. The van der Waals surface area contributed by atoms with Gasteiger partial charge >= 0.3 is 0 Å². The van der Waals surface area contributed by atoms with Crippen LogP contribution in [-0.4, -0.2) is 69.5 Å². The van der Waals surface area contributed by atoms with Crippen LogP contribution in [-0.2, 0) is 15.9 Å². The summed E-state index contributed by atoms with van der Waals surface area (Å²) in [5.41, 5.74) is 1.12. The summed E-state index contributed by atoms with van der Waals surface area (Å²) in [5, 5.41) is 6.81. The molecule has 2 heterocycles. The molecule has 1 aromatic rings. The zero-order valence-corrected chi connectivity index (χ0v) is 18.6. The molecule has 1 aliphatic rings. The fraction of sp³-hybridized carbons (Fsp3) is 0.765. The number of hydrogen-bond donors (Lipinski definition) is 1. The predicted molar refractivity (Wildman–Crippen MR) is 114 cm³/mol. The van der Waals surface area contributed by atoms with Crippen LogP contribution < -0.4 is 5.32 Å². The summed E-state index contributed by atoms with van der Waals surface area (Å²) in [6, 6.07) is 0. The van der Waals surface area contributed by atoms with E-state index in [1.807, 2.05) is 14.0 Å². The van der Waals surface area contributed by atoms with Crippen LogP contribution in [0.3, 0.4) is 0 Å². The van der Waals surface area contributed by atoms with Crippen molar-refractivity contribution in [2.24, 2.45) is 10.9 Å². The topological polar surface area (TPSA) is 59.0 Å². The minimum absolute atomic E-state index is 0. The molecule has 0 radical (unpaired) electrons.